The number of carbonyl (C=O) groups is 3. The van der Waals surface area contributed by atoms with E-state index < -0.39 is 8.07 Å². The minimum atomic E-state index is -1.99. The molecule has 0 aromatic rings. The van der Waals surface area contributed by atoms with Crippen molar-refractivity contribution in [3.05, 3.63) is 0 Å². The zero-order valence-electron chi connectivity index (χ0n) is 9.35. The van der Waals surface area contributed by atoms with E-state index in [9.17, 15) is 14.4 Å². The molecule has 0 saturated heterocycles. The van der Waals surface area contributed by atoms with Crippen molar-refractivity contribution in [2.24, 2.45) is 0 Å². The van der Waals surface area contributed by atoms with Gasteiger partial charge in [-0.3, -0.25) is 0 Å². The van der Waals surface area contributed by atoms with Crippen LogP contribution in [-0.2, 0) is 14.4 Å². The van der Waals surface area contributed by atoms with E-state index in [1.807, 2.05) is 6.55 Å². The van der Waals surface area contributed by atoms with Gasteiger partial charge in [0, 0.05) is 18.1 Å². The third kappa shape index (κ3) is 5.80. The Labute approximate surface area is 85.9 Å². The van der Waals surface area contributed by atoms with E-state index in [2.05, 4.69) is 0 Å². The Morgan fingerprint density at radius 2 is 1.00 bits per heavy atom. The summed E-state index contributed by atoms with van der Waals surface area (Å²) in [5, 5.41) is 0. The first kappa shape index (κ1) is 13.2. The minimum absolute atomic E-state index is 0.0849. The lowest BCUT2D eigenvalue weighted by Gasteiger charge is -2.23. The Morgan fingerprint density at radius 3 is 1.14 bits per heavy atom. The van der Waals surface area contributed by atoms with Crippen LogP contribution < -0.4 is 0 Å². The quantitative estimate of drug-likeness (QED) is 0.634. The maximum absolute atomic E-state index is 11.0. The van der Waals surface area contributed by atoms with Gasteiger partial charge >= 0.3 is 0 Å². The van der Waals surface area contributed by atoms with Crippen LogP contribution in [0.2, 0.25) is 24.7 Å². The van der Waals surface area contributed by atoms with E-state index in [4.69, 9.17) is 0 Å². The fourth-order valence-electron chi connectivity index (χ4n) is 1.99. The molecular weight excluding hydrogens is 196 g/mol. The molecule has 0 amide bonds. The second kappa shape index (κ2) is 5.19. The van der Waals surface area contributed by atoms with E-state index in [0.717, 1.165) is 0 Å². The van der Waals surface area contributed by atoms with Gasteiger partial charge in [-0.15, -0.1) is 0 Å². The van der Waals surface area contributed by atoms with Gasteiger partial charge in [-0.1, -0.05) is 6.55 Å². The predicted octanol–water partition coefficient (Wildman–Crippen LogP) is 1.83. The molecule has 3 nitrogen and oxygen atoms in total. The third-order valence-corrected chi connectivity index (χ3v) is 6.08. The number of Topliss-reactive ketones (excluding diaryl/α,β-unsaturated/α-hetero) is 3. The second-order valence-corrected chi connectivity index (χ2v) is 9.13. The molecule has 0 fully saturated rings. The first-order valence-electron chi connectivity index (χ1n) is 4.73. The molecule has 0 aliphatic carbocycles. The average molecular weight is 214 g/mol. The molecule has 0 spiro atoms. The normalized spacial score (nSPS) is 11.1. The van der Waals surface area contributed by atoms with Crippen LogP contribution in [0.3, 0.4) is 0 Å². The summed E-state index contributed by atoms with van der Waals surface area (Å²) in [5.41, 5.74) is 0. The lowest BCUT2D eigenvalue weighted by Crippen LogP contribution is -2.36. The highest BCUT2D eigenvalue weighted by Gasteiger charge is 2.31. The van der Waals surface area contributed by atoms with Crippen LogP contribution in [0.25, 0.3) is 0 Å². The van der Waals surface area contributed by atoms with Gasteiger partial charge in [-0.25, -0.2) is 0 Å². The number of hydrogen-bond donors (Lipinski definition) is 0. The average Bonchev–Trinajstić information content (AvgIpc) is 1.76. The largest absolute Gasteiger partial charge is 0.300 e. The fourth-order valence-corrected chi connectivity index (χ4v) is 5.97. The molecule has 4 heteroatoms. The molecule has 0 bridgehead atoms. The predicted molar refractivity (Wildman–Crippen MR) is 58.1 cm³/mol. The van der Waals surface area contributed by atoms with Crippen LogP contribution in [-0.4, -0.2) is 25.4 Å². The van der Waals surface area contributed by atoms with E-state index >= 15 is 0 Å². The van der Waals surface area contributed by atoms with Crippen LogP contribution in [0.5, 0.6) is 0 Å². The molecule has 0 saturated carbocycles. The number of ketones is 3. The lowest BCUT2D eigenvalue weighted by atomic mass is 10.5. The summed E-state index contributed by atoms with van der Waals surface area (Å²) in [5.74, 6) is 0.255. The highest BCUT2D eigenvalue weighted by atomic mass is 28.3. The zero-order valence-corrected chi connectivity index (χ0v) is 10.3. The Balaban J connectivity index is 4.56. The van der Waals surface area contributed by atoms with Crippen molar-refractivity contribution in [3.8, 4) is 0 Å². The van der Waals surface area contributed by atoms with Crippen LogP contribution in [0.1, 0.15) is 20.8 Å². The summed E-state index contributed by atoms with van der Waals surface area (Å²) in [4.78, 5) is 33.1. The van der Waals surface area contributed by atoms with Gasteiger partial charge in [0.2, 0.25) is 0 Å². The number of carbonyl (C=O) groups excluding carboxylic acids is 3. The SMILES string of the molecule is CC(=O)C[Si](C)(CC(C)=O)CC(C)=O. The van der Waals surface area contributed by atoms with Crippen molar-refractivity contribution in [2.75, 3.05) is 0 Å². The van der Waals surface area contributed by atoms with E-state index in [0.29, 0.717) is 18.1 Å². The van der Waals surface area contributed by atoms with E-state index in [-0.39, 0.29) is 17.3 Å². The smallest absolute Gasteiger partial charge is 0.127 e. The van der Waals surface area contributed by atoms with Crippen LogP contribution in [0.4, 0.5) is 0 Å². The van der Waals surface area contributed by atoms with Crippen molar-refractivity contribution in [1.29, 1.82) is 0 Å². The Kier molecular flexibility index (Phi) is 4.91. The molecule has 0 aliphatic rings. The molecule has 0 aliphatic heterocycles. The third-order valence-electron chi connectivity index (χ3n) is 2.03. The molecule has 0 atom stereocenters. The molecule has 0 N–H and O–H groups in total. The summed E-state index contributed by atoms with van der Waals surface area (Å²) >= 11 is 0. The van der Waals surface area contributed by atoms with Crippen molar-refractivity contribution in [3.63, 3.8) is 0 Å². The lowest BCUT2D eigenvalue weighted by molar-refractivity contribution is -0.115. The summed E-state index contributed by atoms with van der Waals surface area (Å²) in [6.07, 6.45) is 0. The molecule has 0 radical (unpaired) electrons. The van der Waals surface area contributed by atoms with E-state index in [1.165, 1.54) is 20.8 Å². The maximum atomic E-state index is 11.0. The molecular formula is C10H18O3Si. The topological polar surface area (TPSA) is 51.2 Å². The van der Waals surface area contributed by atoms with Gasteiger partial charge in [-0.05, 0) is 20.8 Å². The van der Waals surface area contributed by atoms with Crippen molar-refractivity contribution in [1.82, 2.24) is 0 Å². The molecule has 0 unspecified atom stereocenters. The molecule has 80 valence electrons. The van der Waals surface area contributed by atoms with Gasteiger partial charge < -0.3 is 14.4 Å². The summed E-state index contributed by atoms with van der Waals surface area (Å²) < 4.78 is 0. The van der Waals surface area contributed by atoms with Crippen molar-refractivity contribution < 1.29 is 14.4 Å². The molecule has 14 heavy (non-hydrogen) atoms. The highest BCUT2D eigenvalue weighted by Crippen LogP contribution is 2.22. The first-order chi connectivity index (χ1) is 6.25. The van der Waals surface area contributed by atoms with E-state index in [1.54, 1.807) is 0 Å². The standard InChI is InChI=1S/C10H18O3Si/c1-8(11)5-14(4,6-9(2)12)7-10(3)13/h5-7H2,1-4H3. The Morgan fingerprint density at radius 1 is 0.786 bits per heavy atom. The van der Waals surface area contributed by atoms with Gasteiger partial charge in [-0.2, -0.15) is 0 Å². The molecule has 0 heterocycles. The van der Waals surface area contributed by atoms with Crippen LogP contribution in [0.15, 0.2) is 0 Å². The van der Waals surface area contributed by atoms with Gasteiger partial charge in [0.15, 0.2) is 0 Å². The molecule has 0 rings (SSSR count). The fraction of sp³-hybridized carbons (Fsp3) is 0.700. The molecule has 0 aromatic heterocycles. The molecule has 0 aromatic carbocycles. The highest BCUT2D eigenvalue weighted by molar-refractivity contribution is 6.85. The van der Waals surface area contributed by atoms with Gasteiger partial charge in [0.25, 0.3) is 0 Å². The monoisotopic (exact) mass is 214 g/mol. The summed E-state index contributed by atoms with van der Waals surface area (Å²) in [6.45, 7) is 6.51. The zero-order chi connectivity index (χ0) is 11.4. The minimum Gasteiger partial charge on any atom is -0.300 e. The van der Waals surface area contributed by atoms with Crippen LogP contribution in [0, 0.1) is 0 Å². The van der Waals surface area contributed by atoms with Crippen molar-refractivity contribution in [2.45, 2.75) is 45.5 Å². The Bertz CT molecular complexity index is 217. The summed E-state index contributed by atoms with van der Waals surface area (Å²) in [6, 6.07) is 1.31. The number of rotatable bonds is 6. The van der Waals surface area contributed by atoms with Crippen LogP contribution >= 0.6 is 0 Å². The second-order valence-electron chi connectivity index (χ2n) is 4.45. The van der Waals surface area contributed by atoms with Gasteiger partial charge in [0.05, 0.1) is 8.07 Å². The number of hydrogen-bond acceptors (Lipinski definition) is 3. The van der Waals surface area contributed by atoms with Gasteiger partial charge in [0.1, 0.15) is 17.3 Å². The Hall–Kier alpha value is -0.773. The first-order valence-corrected chi connectivity index (χ1v) is 7.86. The maximum Gasteiger partial charge on any atom is 0.127 e. The summed E-state index contributed by atoms with van der Waals surface area (Å²) in [7, 11) is -1.99. The van der Waals surface area contributed by atoms with Crippen molar-refractivity contribution >= 4 is 25.4 Å².